The molecule has 0 bridgehead atoms. The van der Waals surface area contributed by atoms with Gasteiger partial charge in [0.2, 0.25) is 20.0 Å². The third kappa shape index (κ3) is 7.23. The van der Waals surface area contributed by atoms with E-state index in [1.54, 1.807) is 28.6 Å². The molecule has 14 heteroatoms. The minimum Gasteiger partial charge on any atom is -0.489 e. The lowest BCUT2D eigenvalue weighted by molar-refractivity contribution is -0.135. The van der Waals surface area contributed by atoms with Gasteiger partial charge in [-0.05, 0) is 42.0 Å². The number of nitrogens with one attached hydrogen (secondary N) is 2. The summed E-state index contributed by atoms with van der Waals surface area (Å²) in [6.45, 7) is 0.532. The molecular weight excluding hydrogens is 510 g/mol. The molecule has 1 fully saturated rings. The van der Waals surface area contributed by atoms with E-state index in [1.165, 1.54) is 28.6 Å². The Kier molecular flexibility index (Phi) is 9.01. The molecule has 1 amide bonds. The van der Waals surface area contributed by atoms with Gasteiger partial charge in [0, 0.05) is 32.7 Å². The number of carbonyl (C=O) groups excluding carboxylic acids is 1. The Labute approximate surface area is 210 Å². The van der Waals surface area contributed by atoms with Gasteiger partial charge in [0.05, 0.1) is 22.8 Å². The van der Waals surface area contributed by atoms with Crippen LogP contribution in [0.5, 0.6) is 5.75 Å². The normalized spacial score (nSPS) is 16.1. The first-order valence-electron chi connectivity index (χ1n) is 10.9. The average Bonchev–Trinajstić information content (AvgIpc) is 2.87. The number of hydrogen-bond donors (Lipinski definition) is 3. The van der Waals surface area contributed by atoms with E-state index in [0.29, 0.717) is 11.3 Å². The van der Waals surface area contributed by atoms with Crippen molar-refractivity contribution in [3.63, 3.8) is 0 Å². The van der Waals surface area contributed by atoms with Crippen LogP contribution in [-0.2, 0) is 31.4 Å². The zero-order chi connectivity index (χ0) is 26.3. The van der Waals surface area contributed by atoms with E-state index in [4.69, 9.17) is 15.2 Å². The van der Waals surface area contributed by atoms with Gasteiger partial charge >= 0.3 is 0 Å². The average molecular weight is 538 g/mol. The summed E-state index contributed by atoms with van der Waals surface area (Å²) in [4.78, 5) is 13.8. The van der Waals surface area contributed by atoms with Crippen LogP contribution in [0.4, 0.5) is 0 Å². The van der Waals surface area contributed by atoms with Crippen molar-refractivity contribution in [3.8, 4) is 11.8 Å². The van der Waals surface area contributed by atoms with Crippen molar-refractivity contribution in [3.05, 3.63) is 59.7 Å². The van der Waals surface area contributed by atoms with Gasteiger partial charge in [-0.3, -0.25) is 14.9 Å². The molecule has 0 spiro atoms. The molecule has 1 atom stereocenters. The van der Waals surface area contributed by atoms with E-state index in [-0.39, 0.29) is 44.2 Å². The van der Waals surface area contributed by atoms with Crippen LogP contribution >= 0.6 is 0 Å². The molecule has 2 aromatic carbocycles. The summed E-state index contributed by atoms with van der Waals surface area (Å²) in [7, 11) is -7.38. The Balaban J connectivity index is 1.61. The highest BCUT2D eigenvalue weighted by Gasteiger charge is 2.32. The number of sulfonamides is 2. The maximum Gasteiger partial charge on any atom is 0.262 e. The molecule has 3 rings (SSSR count). The predicted octanol–water partition coefficient (Wildman–Crippen LogP) is -0.133. The number of hydrogen-bond acceptors (Lipinski definition) is 9. The topological polar surface area (TPSA) is 169 Å². The van der Waals surface area contributed by atoms with Gasteiger partial charge in [0.15, 0.2) is 0 Å². The van der Waals surface area contributed by atoms with Crippen LogP contribution in [0.25, 0.3) is 0 Å². The molecule has 2 aromatic rings. The minimum atomic E-state index is -4.00. The molecule has 1 aliphatic rings. The van der Waals surface area contributed by atoms with Gasteiger partial charge in [-0.1, -0.05) is 12.1 Å². The summed E-state index contributed by atoms with van der Waals surface area (Å²) in [5.74, 6) is -0.382. The molecule has 0 saturated carbocycles. The van der Waals surface area contributed by atoms with Crippen molar-refractivity contribution in [2.45, 2.75) is 17.5 Å². The molecule has 1 aliphatic heterocycles. The van der Waals surface area contributed by atoms with E-state index in [0.717, 1.165) is 11.8 Å². The second-order valence-electron chi connectivity index (χ2n) is 8.11. The zero-order valence-corrected chi connectivity index (χ0v) is 21.1. The van der Waals surface area contributed by atoms with Crippen molar-refractivity contribution < 1.29 is 31.6 Å². The van der Waals surface area contributed by atoms with Gasteiger partial charge < -0.3 is 4.74 Å². The minimum absolute atomic E-state index is 0.0496. The summed E-state index contributed by atoms with van der Waals surface area (Å²) in [5, 5.41) is 18.1. The maximum atomic E-state index is 12.8. The quantitative estimate of drug-likeness (QED) is 0.276. The van der Waals surface area contributed by atoms with Crippen molar-refractivity contribution >= 4 is 26.0 Å². The number of amides is 1. The van der Waals surface area contributed by atoms with E-state index in [2.05, 4.69) is 10.8 Å². The van der Waals surface area contributed by atoms with Crippen molar-refractivity contribution in [1.82, 2.24) is 19.4 Å². The molecule has 0 radical (unpaired) electrons. The monoisotopic (exact) mass is 537 g/mol. The predicted molar refractivity (Wildman–Crippen MR) is 129 cm³/mol. The number of piperazine rings is 1. The lowest BCUT2D eigenvalue weighted by Gasteiger charge is -2.37. The highest BCUT2D eigenvalue weighted by atomic mass is 32.2. The van der Waals surface area contributed by atoms with Crippen molar-refractivity contribution in [1.29, 1.82) is 5.26 Å². The van der Waals surface area contributed by atoms with E-state index in [1.807, 2.05) is 6.07 Å². The molecule has 12 nitrogen and oxygen atoms in total. The molecular formula is C22H27N5O7S2. The van der Waals surface area contributed by atoms with Gasteiger partial charge in [0.1, 0.15) is 18.4 Å². The standard InChI is InChI=1S/C22H27N5O7S2/c1-35(30,31)27-11-9-26(10-12-27)21(22(28)25-29)15-24-36(32,33)20-7-5-19(6-8-20)34-16-18-4-2-3-17(13-18)14-23/h2-8,13,21,24,29H,9-12,15-16H2,1H3,(H,25,28)/t21-/m0/s1. The van der Waals surface area contributed by atoms with Crippen LogP contribution in [0.1, 0.15) is 11.1 Å². The first kappa shape index (κ1) is 27.5. The van der Waals surface area contributed by atoms with Gasteiger partial charge in [0.25, 0.3) is 5.91 Å². The highest BCUT2D eigenvalue weighted by molar-refractivity contribution is 7.89. The number of benzene rings is 2. The summed E-state index contributed by atoms with van der Waals surface area (Å²) in [6.07, 6.45) is 1.09. The lowest BCUT2D eigenvalue weighted by Crippen LogP contribution is -2.58. The van der Waals surface area contributed by atoms with Crippen LogP contribution in [0.3, 0.4) is 0 Å². The number of carbonyl (C=O) groups is 1. The first-order chi connectivity index (χ1) is 17.0. The molecule has 194 valence electrons. The summed E-state index contributed by atoms with van der Waals surface area (Å²) in [6, 6.07) is 13.6. The Bertz CT molecular complexity index is 1320. The summed E-state index contributed by atoms with van der Waals surface area (Å²) in [5.41, 5.74) is 2.84. The number of nitriles is 1. The van der Waals surface area contributed by atoms with Crippen LogP contribution in [0.2, 0.25) is 0 Å². The van der Waals surface area contributed by atoms with Crippen LogP contribution in [0.15, 0.2) is 53.4 Å². The number of hydroxylamine groups is 1. The fourth-order valence-electron chi connectivity index (χ4n) is 3.69. The lowest BCUT2D eigenvalue weighted by atomic mass is 10.1. The second-order valence-corrected chi connectivity index (χ2v) is 11.9. The Hall–Kier alpha value is -3.06. The van der Waals surface area contributed by atoms with E-state index < -0.39 is 32.0 Å². The van der Waals surface area contributed by atoms with E-state index >= 15 is 0 Å². The van der Waals surface area contributed by atoms with Crippen LogP contribution < -0.4 is 14.9 Å². The summed E-state index contributed by atoms with van der Waals surface area (Å²) >= 11 is 0. The molecule has 1 saturated heterocycles. The molecule has 0 aromatic heterocycles. The Morgan fingerprint density at radius 1 is 1.11 bits per heavy atom. The number of rotatable bonds is 10. The van der Waals surface area contributed by atoms with Crippen LogP contribution in [0, 0.1) is 11.3 Å². The largest absolute Gasteiger partial charge is 0.489 e. The Morgan fingerprint density at radius 2 is 1.78 bits per heavy atom. The van der Waals surface area contributed by atoms with Crippen LogP contribution in [-0.4, -0.2) is 82.2 Å². The maximum absolute atomic E-state index is 12.8. The third-order valence-corrected chi connectivity index (χ3v) is 8.40. The van der Waals surface area contributed by atoms with Crippen molar-refractivity contribution in [2.75, 3.05) is 39.0 Å². The smallest absolute Gasteiger partial charge is 0.262 e. The molecule has 0 unspecified atom stereocenters. The number of ether oxygens (including phenoxy) is 1. The summed E-state index contributed by atoms with van der Waals surface area (Å²) < 4.78 is 58.3. The van der Waals surface area contributed by atoms with Gasteiger partial charge in [-0.2, -0.15) is 9.57 Å². The van der Waals surface area contributed by atoms with Gasteiger partial charge in [-0.15, -0.1) is 0 Å². The third-order valence-electron chi connectivity index (χ3n) is 5.66. The SMILES string of the molecule is CS(=O)(=O)N1CCN([C@@H](CNS(=O)(=O)c2ccc(OCc3cccc(C#N)c3)cc2)C(=O)NO)CC1. The zero-order valence-electron chi connectivity index (χ0n) is 19.5. The molecule has 3 N–H and O–H groups in total. The number of nitrogens with zero attached hydrogens (tertiary/aromatic N) is 3. The Morgan fingerprint density at radius 3 is 2.36 bits per heavy atom. The highest BCUT2D eigenvalue weighted by Crippen LogP contribution is 2.18. The fourth-order valence-corrected chi connectivity index (χ4v) is 5.56. The second kappa shape index (κ2) is 11.8. The molecule has 36 heavy (non-hydrogen) atoms. The fraction of sp³-hybridized carbons (Fsp3) is 0.364. The molecule has 0 aliphatic carbocycles. The van der Waals surface area contributed by atoms with E-state index in [9.17, 15) is 21.6 Å². The molecule has 1 heterocycles. The van der Waals surface area contributed by atoms with Crippen molar-refractivity contribution in [2.24, 2.45) is 0 Å². The first-order valence-corrected chi connectivity index (χ1v) is 14.2. The van der Waals surface area contributed by atoms with Gasteiger partial charge in [-0.25, -0.2) is 27.0 Å².